The van der Waals surface area contributed by atoms with Crippen molar-refractivity contribution >= 4 is 11.5 Å². The van der Waals surface area contributed by atoms with Crippen LogP contribution in [0.25, 0.3) is 5.53 Å². The van der Waals surface area contributed by atoms with E-state index in [0.29, 0.717) is 5.56 Å². The van der Waals surface area contributed by atoms with Crippen molar-refractivity contribution in [3.05, 3.63) is 46.7 Å². The molecule has 0 aliphatic carbocycles. The van der Waals surface area contributed by atoms with Gasteiger partial charge >= 0.3 is 5.71 Å². The number of rotatable bonds is 3. The van der Waals surface area contributed by atoms with Gasteiger partial charge in [0.2, 0.25) is 0 Å². The third-order valence-corrected chi connectivity index (χ3v) is 2.46. The smallest absolute Gasteiger partial charge is 0.360 e. The van der Waals surface area contributed by atoms with Gasteiger partial charge in [-0.25, -0.2) is 4.68 Å². The third kappa shape index (κ3) is 2.07. The van der Waals surface area contributed by atoms with Crippen molar-refractivity contribution < 1.29 is 9.58 Å². The average molecular weight is 242 g/mol. The lowest BCUT2D eigenvalue weighted by Crippen LogP contribution is -2.21. The summed E-state index contributed by atoms with van der Waals surface area (Å²) >= 11 is 0. The predicted molar refractivity (Wildman–Crippen MR) is 62.0 cm³/mol. The summed E-state index contributed by atoms with van der Waals surface area (Å²) in [5, 5.41) is 10.6. The van der Waals surface area contributed by atoms with Crippen molar-refractivity contribution in [2.24, 2.45) is 7.05 Å². The molecule has 1 aromatic carbocycles. The fourth-order valence-electron chi connectivity index (χ4n) is 1.46. The van der Waals surface area contributed by atoms with E-state index in [4.69, 9.17) is 5.53 Å². The molecule has 1 aromatic heterocycles. The highest BCUT2D eigenvalue weighted by Gasteiger charge is 2.29. The number of benzene rings is 1. The molecule has 0 amide bonds. The number of nitrogens with zero attached hydrogens (tertiary/aromatic N) is 6. The minimum Gasteiger partial charge on any atom is -0.360 e. The summed E-state index contributed by atoms with van der Waals surface area (Å²) in [4.78, 5) is 15.1. The van der Waals surface area contributed by atoms with Crippen LogP contribution in [0.2, 0.25) is 0 Å². The van der Waals surface area contributed by atoms with E-state index in [0.717, 1.165) is 5.56 Å². The SMILES string of the molecule is Cc1ccc(C(=O)C(=[N+]=[N-])c2nnnn2C)cc1. The van der Waals surface area contributed by atoms with E-state index in [1.807, 2.05) is 6.92 Å². The van der Waals surface area contributed by atoms with E-state index >= 15 is 0 Å². The van der Waals surface area contributed by atoms with Gasteiger partial charge in [-0.05, 0) is 17.4 Å². The number of tetrazole rings is 1. The van der Waals surface area contributed by atoms with E-state index in [1.54, 1.807) is 31.3 Å². The molecule has 1 heterocycles. The second kappa shape index (κ2) is 4.68. The molecular weight excluding hydrogens is 232 g/mol. The molecule has 0 N–H and O–H groups in total. The molecule has 0 atom stereocenters. The highest BCUT2D eigenvalue weighted by Crippen LogP contribution is 2.06. The van der Waals surface area contributed by atoms with Crippen LogP contribution in [0.4, 0.5) is 0 Å². The largest absolute Gasteiger partial charge is 0.408 e. The Kier molecular flexibility index (Phi) is 3.07. The Balaban J connectivity index is 2.42. The molecule has 2 rings (SSSR count). The lowest BCUT2D eigenvalue weighted by molar-refractivity contribution is -0.00593. The molecule has 0 unspecified atom stereocenters. The van der Waals surface area contributed by atoms with Crippen LogP contribution < -0.4 is 0 Å². The standard InChI is InChI=1S/C11H10N6O/c1-7-3-5-8(6-4-7)10(18)9(13-12)11-14-15-16-17(11)2/h3-6H,1-2H3. The van der Waals surface area contributed by atoms with Crippen LogP contribution in [0.15, 0.2) is 24.3 Å². The average Bonchev–Trinajstić information content (AvgIpc) is 2.78. The summed E-state index contributed by atoms with van der Waals surface area (Å²) in [5.41, 5.74) is 10.2. The monoisotopic (exact) mass is 242 g/mol. The van der Waals surface area contributed by atoms with E-state index in [-0.39, 0.29) is 11.5 Å². The summed E-state index contributed by atoms with van der Waals surface area (Å²) in [5.74, 6) is -0.321. The van der Waals surface area contributed by atoms with Gasteiger partial charge in [0.1, 0.15) is 0 Å². The van der Waals surface area contributed by atoms with Crippen molar-refractivity contribution in [1.82, 2.24) is 20.2 Å². The number of hydrogen-bond donors (Lipinski definition) is 0. The van der Waals surface area contributed by atoms with Gasteiger partial charge in [-0.15, -0.1) is 5.10 Å². The number of carbonyl (C=O) groups excluding carboxylic acids is 1. The molecule has 0 spiro atoms. The molecule has 0 saturated heterocycles. The zero-order chi connectivity index (χ0) is 13.1. The lowest BCUT2D eigenvalue weighted by Gasteiger charge is -1.97. The van der Waals surface area contributed by atoms with Gasteiger partial charge < -0.3 is 5.53 Å². The minimum absolute atomic E-state index is 0.114. The molecular formula is C11H10N6O. The summed E-state index contributed by atoms with van der Waals surface area (Å²) in [6.07, 6.45) is 0. The predicted octanol–water partition coefficient (Wildman–Crippen LogP) is 0.420. The first-order valence-electron chi connectivity index (χ1n) is 5.19. The van der Waals surface area contributed by atoms with Crippen LogP contribution in [0.5, 0.6) is 0 Å². The Bertz CT molecular complexity index is 636. The van der Waals surface area contributed by atoms with Gasteiger partial charge in [0.25, 0.3) is 11.6 Å². The molecule has 90 valence electrons. The lowest BCUT2D eigenvalue weighted by atomic mass is 10.0. The Morgan fingerprint density at radius 3 is 2.50 bits per heavy atom. The molecule has 0 aliphatic rings. The van der Waals surface area contributed by atoms with Gasteiger partial charge in [0.05, 0.1) is 0 Å². The Labute approximate surface area is 103 Å². The van der Waals surface area contributed by atoms with Crippen LogP contribution >= 0.6 is 0 Å². The molecule has 7 nitrogen and oxygen atoms in total. The molecule has 0 radical (unpaired) electrons. The number of hydrogen-bond acceptors (Lipinski definition) is 4. The van der Waals surface area contributed by atoms with E-state index < -0.39 is 5.78 Å². The Morgan fingerprint density at radius 1 is 1.33 bits per heavy atom. The van der Waals surface area contributed by atoms with Crippen molar-refractivity contribution in [2.45, 2.75) is 6.92 Å². The summed E-state index contributed by atoms with van der Waals surface area (Å²) in [6, 6.07) is 6.92. The summed E-state index contributed by atoms with van der Waals surface area (Å²) in [6.45, 7) is 1.92. The summed E-state index contributed by atoms with van der Waals surface area (Å²) < 4.78 is 1.27. The van der Waals surface area contributed by atoms with Crippen LogP contribution in [0, 0.1) is 6.92 Å². The zero-order valence-corrected chi connectivity index (χ0v) is 9.90. The van der Waals surface area contributed by atoms with Gasteiger partial charge in [0, 0.05) is 12.6 Å². The van der Waals surface area contributed by atoms with Crippen LogP contribution in [0.1, 0.15) is 21.7 Å². The topological polar surface area (TPSA) is 97.1 Å². The molecule has 2 aromatic rings. The molecule has 0 fully saturated rings. The minimum atomic E-state index is -0.435. The molecule has 0 saturated carbocycles. The van der Waals surface area contributed by atoms with Gasteiger partial charge in [-0.1, -0.05) is 29.8 Å². The van der Waals surface area contributed by atoms with Crippen LogP contribution in [-0.4, -0.2) is 36.5 Å². The van der Waals surface area contributed by atoms with Crippen molar-refractivity contribution in [3.8, 4) is 0 Å². The second-order valence-corrected chi connectivity index (χ2v) is 3.77. The number of ketones is 1. The van der Waals surface area contributed by atoms with Crippen LogP contribution in [-0.2, 0) is 7.05 Å². The van der Waals surface area contributed by atoms with Crippen LogP contribution in [0.3, 0.4) is 0 Å². The molecule has 18 heavy (non-hydrogen) atoms. The Hall–Kier alpha value is -2.66. The zero-order valence-electron chi connectivity index (χ0n) is 9.90. The van der Waals surface area contributed by atoms with Crippen molar-refractivity contribution in [1.29, 1.82) is 0 Å². The van der Waals surface area contributed by atoms with Gasteiger partial charge in [0.15, 0.2) is 0 Å². The normalized spacial score (nSPS) is 9.89. The van der Waals surface area contributed by atoms with Gasteiger partial charge in [-0.3, -0.25) is 4.79 Å². The first-order chi connectivity index (χ1) is 8.63. The maximum atomic E-state index is 12.1. The first kappa shape index (κ1) is 11.8. The van der Waals surface area contributed by atoms with E-state index in [2.05, 4.69) is 20.3 Å². The fourth-order valence-corrected chi connectivity index (χ4v) is 1.46. The highest BCUT2D eigenvalue weighted by molar-refractivity contribution is 6.48. The Morgan fingerprint density at radius 2 is 2.00 bits per heavy atom. The van der Waals surface area contributed by atoms with Crippen molar-refractivity contribution in [3.63, 3.8) is 0 Å². The highest BCUT2D eigenvalue weighted by atomic mass is 16.1. The first-order valence-corrected chi connectivity index (χ1v) is 5.19. The number of aromatic nitrogens is 4. The third-order valence-electron chi connectivity index (χ3n) is 2.46. The fraction of sp³-hybridized carbons (Fsp3) is 0.182. The van der Waals surface area contributed by atoms with Crippen molar-refractivity contribution in [2.75, 3.05) is 0 Å². The second-order valence-electron chi connectivity index (χ2n) is 3.77. The van der Waals surface area contributed by atoms with E-state index in [9.17, 15) is 4.79 Å². The maximum Gasteiger partial charge on any atom is 0.408 e. The quantitative estimate of drug-likeness (QED) is 0.337. The van der Waals surface area contributed by atoms with E-state index in [1.165, 1.54) is 4.68 Å². The number of Topliss-reactive ketones (excluding diaryl/α,β-unsaturated/α-hetero) is 1. The number of carbonyl (C=O) groups is 1. The maximum absolute atomic E-state index is 12.1. The molecule has 7 heteroatoms. The number of aryl methyl sites for hydroxylation is 2. The van der Waals surface area contributed by atoms with Gasteiger partial charge in [-0.2, -0.15) is 4.79 Å². The molecule has 0 bridgehead atoms. The molecule has 0 aliphatic heterocycles. The summed E-state index contributed by atoms with van der Waals surface area (Å²) in [7, 11) is 1.56.